The number of halogens is 1. The molecular weight excluding hydrogens is 361 g/mol. The first-order chi connectivity index (χ1) is 14.2. The number of imidazole rings is 1. The van der Waals surface area contributed by atoms with E-state index in [-0.39, 0.29) is 11.9 Å². The smallest absolute Gasteiger partial charge is 0.230 e. The molecule has 0 fully saturated rings. The monoisotopic (exact) mass is 381 g/mol. The van der Waals surface area contributed by atoms with Crippen LogP contribution in [0.1, 0.15) is 29.2 Å². The van der Waals surface area contributed by atoms with Gasteiger partial charge in [0.05, 0.1) is 17.4 Å². The second kappa shape index (κ2) is 7.13. The highest BCUT2D eigenvalue weighted by atomic mass is 19.1. The Morgan fingerprint density at radius 1 is 0.862 bits per heavy atom. The summed E-state index contributed by atoms with van der Waals surface area (Å²) in [5.74, 6) is 0.452. The normalized spacial score (nSPS) is 15.7. The van der Waals surface area contributed by atoms with Crippen LogP contribution in [0.2, 0.25) is 0 Å². The summed E-state index contributed by atoms with van der Waals surface area (Å²) in [6, 6.07) is 25.3. The molecule has 2 heterocycles. The predicted octanol–water partition coefficient (Wildman–Crippen LogP) is 6.11. The maximum Gasteiger partial charge on any atom is 0.230 e. The molecule has 29 heavy (non-hydrogen) atoms. The first-order valence-corrected chi connectivity index (χ1v) is 9.72. The van der Waals surface area contributed by atoms with Crippen molar-refractivity contribution in [2.75, 3.05) is 0 Å². The quantitative estimate of drug-likeness (QED) is 0.421. The Hall–Kier alpha value is -3.53. The van der Waals surface area contributed by atoms with Crippen LogP contribution in [0.4, 0.5) is 10.3 Å². The number of rotatable bonds is 3. The molecule has 3 aromatic carbocycles. The van der Waals surface area contributed by atoms with Gasteiger partial charge in [-0.1, -0.05) is 72.3 Å². The lowest BCUT2D eigenvalue weighted by Crippen LogP contribution is -2.19. The van der Waals surface area contributed by atoms with Gasteiger partial charge in [-0.2, -0.15) is 0 Å². The molecule has 0 N–H and O–H groups in total. The molecule has 1 aromatic heterocycles. The van der Waals surface area contributed by atoms with Gasteiger partial charge in [0.25, 0.3) is 0 Å². The Morgan fingerprint density at radius 2 is 1.59 bits per heavy atom. The molecule has 1 aliphatic heterocycles. The van der Waals surface area contributed by atoms with Gasteiger partial charge in [0.2, 0.25) is 5.95 Å². The molecule has 0 aliphatic carbocycles. The van der Waals surface area contributed by atoms with E-state index in [2.05, 4.69) is 35.8 Å². The average Bonchev–Trinajstić information content (AvgIpc) is 3.19. The Kier molecular flexibility index (Phi) is 4.32. The lowest BCUT2D eigenvalue weighted by molar-refractivity contribution is 0.589. The molecule has 1 aliphatic rings. The number of aryl methyl sites for hydroxylation is 1. The van der Waals surface area contributed by atoms with E-state index in [1.165, 1.54) is 17.7 Å². The lowest BCUT2D eigenvalue weighted by Gasteiger charge is -2.25. The summed E-state index contributed by atoms with van der Waals surface area (Å²) in [7, 11) is 0. The number of hydrogen-bond acceptors (Lipinski definition) is 2. The van der Waals surface area contributed by atoms with Gasteiger partial charge in [0, 0.05) is 18.2 Å². The molecule has 0 amide bonds. The molecular formula is C25H20FN3. The van der Waals surface area contributed by atoms with Crippen LogP contribution in [0.5, 0.6) is 0 Å². The fourth-order valence-electron chi connectivity index (χ4n) is 3.78. The van der Waals surface area contributed by atoms with E-state index in [1.54, 1.807) is 0 Å². The SMILES string of the molecule is Cc1ccc(C2=Nc3nc(-c4ccccc4)cn3[C@@H](c3ccc(F)cc3)C2)cc1. The zero-order chi connectivity index (χ0) is 19.8. The zero-order valence-electron chi connectivity index (χ0n) is 16.1. The third-order valence-corrected chi connectivity index (χ3v) is 5.38. The summed E-state index contributed by atoms with van der Waals surface area (Å²) in [4.78, 5) is 9.69. The summed E-state index contributed by atoms with van der Waals surface area (Å²) < 4.78 is 15.6. The molecule has 4 aromatic rings. The molecule has 5 rings (SSSR count). The zero-order valence-corrected chi connectivity index (χ0v) is 16.1. The number of hydrogen-bond donors (Lipinski definition) is 0. The van der Waals surface area contributed by atoms with Gasteiger partial charge in [-0.3, -0.25) is 0 Å². The molecule has 0 bridgehead atoms. The van der Waals surface area contributed by atoms with Crippen LogP contribution < -0.4 is 0 Å². The highest BCUT2D eigenvalue weighted by Crippen LogP contribution is 2.36. The molecule has 0 saturated carbocycles. The second-order valence-electron chi connectivity index (χ2n) is 7.40. The van der Waals surface area contributed by atoms with E-state index in [4.69, 9.17) is 9.98 Å². The Bertz CT molecular complexity index is 1170. The molecule has 142 valence electrons. The van der Waals surface area contributed by atoms with E-state index in [9.17, 15) is 4.39 Å². The largest absolute Gasteiger partial charge is 0.307 e. The average molecular weight is 381 g/mol. The standard InChI is InChI=1S/C25H20FN3/c1-17-7-9-19(10-8-17)22-15-24(20-11-13-21(26)14-12-20)29-16-23(28-25(29)27-22)18-5-3-2-4-6-18/h2-14,16,24H,15H2,1H3/t24-/m1/s1. The molecule has 1 atom stereocenters. The third kappa shape index (κ3) is 3.38. The van der Waals surface area contributed by atoms with Gasteiger partial charge in [-0.25, -0.2) is 14.4 Å². The number of nitrogens with zero attached hydrogens (tertiary/aromatic N) is 3. The maximum absolute atomic E-state index is 13.5. The Labute approximate surface area is 169 Å². The topological polar surface area (TPSA) is 30.2 Å². The lowest BCUT2D eigenvalue weighted by atomic mass is 9.95. The minimum absolute atomic E-state index is 0.0179. The number of aromatic nitrogens is 2. The van der Waals surface area contributed by atoms with Crippen LogP contribution >= 0.6 is 0 Å². The van der Waals surface area contributed by atoms with Crippen molar-refractivity contribution in [3.63, 3.8) is 0 Å². The molecule has 0 radical (unpaired) electrons. The van der Waals surface area contributed by atoms with Crippen LogP contribution in [0.3, 0.4) is 0 Å². The van der Waals surface area contributed by atoms with Crippen LogP contribution in [0, 0.1) is 12.7 Å². The Balaban J connectivity index is 1.63. The van der Waals surface area contributed by atoms with Crippen molar-refractivity contribution in [3.8, 4) is 11.3 Å². The highest BCUT2D eigenvalue weighted by molar-refractivity contribution is 6.03. The van der Waals surface area contributed by atoms with Crippen molar-refractivity contribution in [3.05, 3.63) is 108 Å². The van der Waals surface area contributed by atoms with E-state index in [0.717, 1.165) is 34.5 Å². The van der Waals surface area contributed by atoms with Gasteiger partial charge < -0.3 is 4.57 Å². The van der Waals surface area contributed by atoms with Gasteiger partial charge in [-0.05, 0) is 30.2 Å². The first kappa shape index (κ1) is 17.6. The van der Waals surface area contributed by atoms with Crippen molar-refractivity contribution >= 4 is 11.7 Å². The van der Waals surface area contributed by atoms with Crippen LogP contribution in [-0.4, -0.2) is 15.3 Å². The fourth-order valence-corrected chi connectivity index (χ4v) is 3.78. The van der Waals surface area contributed by atoms with Gasteiger partial charge in [0.1, 0.15) is 5.82 Å². The summed E-state index contributed by atoms with van der Waals surface area (Å²) in [5, 5.41) is 0. The van der Waals surface area contributed by atoms with Gasteiger partial charge in [0.15, 0.2) is 0 Å². The first-order valence-electron chi connectivity index (χ1n) is 9.72. The van der Waals surface area contributed by atoms with Gasteiger partial charge in [-0.15, -0.1) is 0 Å². The van der Waals surface area contributed by atoms with E-state index in [0.29, 0.717) is 5.95 Å². The summed E-state index contributed by atoms with van der Waals surface area (Å²) >= 11 is 0. The predicted molar refractivity (Wildman–Crippen MR) is 114 cm³/mol. The molecule has 3 nitrogen and oxygen atoms in total. The van der Waals surface area contributed by atoms with E-state index in [1.807, 2.05) is 48.7 Å². The molecule has 0 saturated heterocycles. The van der Waals surface area contributed by atoms with Crippen molar-refractivity contribution in [2.45, 2.75) is 19.4 Å². The third-order valence-electron chi connectivity index (χ3n) is 5.38. The minimum Gasteiger partial charge on any atom is -0.307 e. The molecule has 0 spiro atoms. The van der Waals surface area contributed by atoms with Crippen LogP contribution in [0.25, 0.3) is 11.3 Å². The van der Waals surface area contributed by atoms with Crippen molar-refractivity contribution < 1.29 is 4.39 Å². The highest BCUT2D eigenvalue weighted by Gasteiger charge is 2.26. The van der Waals surface area contributed by atoms with Crippen LogP contribution in [0.15, 0.2) is 90.1 Å². The van der Waals surface area contributed by atoms with Crippen molar-refractivity contribution in [1.82, 2.24) is 9.55 Å². The van der Waals surface area contributed by atoms with Crippen LogP contribution in [-0.2, 0) is 0 Å². The summed E-state index contributed by atoms with van der Waals surface area (Å²) in [6.07, 6.45) is 2.78. The summed E-state index contributed by atoms with van der Waals surface area (Å²) in [6.45, 7) is 2.08. The minimum atomic E-state index is -0.229. The second-order valence-corrected chi connectivity index (χ2v) is 7.40. The van der Waals surface area contributed by atoms with E-state index >= 15 is 0 Å². The van der Waals surface area contributed by atoms with Crippen molar-refractivity contribution in [2.24, 2.45) is 4.99 Å². The van der Waals surface area contributed by atoms with E-state index < -0.39 is 0 Å². The Morgan fingerprint density at radius 3 is 2.31 bits per heavy atom. The number of aliphatic imine (C=N–C) groups is 1. The van der Waals surface area contributed by atoms with Crippen molar-refractivity contribution in [1.29, 1.82) is 0 Å². The molecule has 4 heteroatoms. The maximum atomic E-state index is 13.5. The number of benzene rings is 3. The van der Waals surface area contributed by atoms with Gasteiger partial charge >= 0.3 is 0 Å². The fraction of sp³-hybridized carbons (Fsp3) is 0.120. The summed E-state index contributed by atoms with van der Waals surface area (Å²) in [5.41, 5.74) is 6.30. The molecule has 0 unspecified atom stereocenters. The number of fused-ring (bicyclic) bond motifs is 1.